The molecule has 8 saturated carbocycles. The van der Waals surface area contributed by atoms with E-state index >= 15 is 0 Å². The van der Waals surface area contributed by atoms with Crippen molar-refractivity contribution in [2.45, 2.75) is 164 Å². The number of nitrogens with one attached hydrogen (secondary N) is 2. The fourth-order valence-corrected chi connectivity index (χ4v) is 26.7. The molecule has 0 radical (unpaired) electrons. The molecule has 10 fully saturated rings. The molecule has 3 unspecified atom stereocenters. The van der Waals surface area contributed by atoms with Gasteiger partial charge in [-0.05, 0) is 204 Å². The van der Waals surface area contributed by atoms with Crippen molar-refractivity contribution in [1.29, 1.82) is 0 Å². The van der Waals surface area contributed by atoms with Crippen LogP contribution >= 0.6 is 17.2 Å². The molecule has 2 N–H and O–H groups in total. The molecular formula is C44H74N2P2Si2. The first-order valence-corrected chi connectivity index (χ1v) is 31.0. The van der Waals surface area contributed by atoms with Crippen molar-refractivity contribution in [3.05, 3.63) is 23.3 Å². The molecule has 0 spiro atoms. The van der Waals surface area contributed by atoms with E-state index in [4.69, 9.17) is 0 Å². The first-order chi connectivity index (χ1) is 23.7. The van der Waals surface area contributed by atoms with E-state index in [1.54, 1.807) is 77.0 Å². The topological polar surface area (TPSA) is 24.1 Å². The van der Waals surface area contributed by atoms with Gasteiger partial charge in [-0.15, -0.1) is 9.24 Å². The van der Waals surface area contributed by atoms with Crippen molar-refractivity contribution in [2.24, 2.45) is 47.3 Å². The van der Waals surface area contributed by atoms with E-state index in [1.807, 2.05) is 21.5 Å². The minimum Gasteiger partial charge on any atom is -0.316 e. The molecule has 11 rings (SSSR count). The van der Waals surface area contributed by atoms with Crippen LogP contribution in [0.2, 0.25) is 39.3 Å². The lowest BCUT2D eigenvalue weighted by atomic mass is 9.55. The molecule has 50 heavy (non-hydrogen) atoms. The summed E-state index contributed by atoms with van der Waals surface area (Å²) in [7, 11) is 0.540. The zero-order valence-corrected chi connectivity index (χ0v) is 37.2. The first kappa shape index (κ1) is 36.1. The molecule has 278 valence electrons. The fourth-order valence-electron chi connectivity index (χ4n) is 15.5. The lowest BCUT2D eigenvalue weighted by Gasteiger charge is -2.67. The minimum atomic E-state index is -1.57. The molecule has 6 heteroatoms. The van der Waals surface area contributed by atoms with Gasteiger partial charge >= 0.3 is 0 Å². The Morgan fingerprint density at radius 3 is 1.36 bits per heavy atom. The van der Waals surface area contributed by atoms with Crippen LogP contribution in [0.3, 0.4) is 0 Å². The quantitative estimate of drug-likeness (QED) is 0.194. The highest BCUT2D eigenvalue weighted by atomic mass is 31.1. The number of hydrogen-bond donors (Lipinski definition) is 2. The smallest absolute Gasteiger partial charge is 0.0774 e. The maximum Gasteiger partial charge on any atom is 0.0774 e. The normalized spacial score (nSPS) is 42.9. The number of hydrogen-bond acceptors (Lipinski definition) is 2. The molecule has 10 aliphatic rings. The molecule has 2 heterocycles. The molecule has 1 aromatic rings. The van der Waals surface area contributed by atoms with Crippen LogP contribution in [0.5, 0.6) is 0 Å². The second-order valence-electron chi connectivity index (χ2n) is 22.4. The van der Waals surface area contributed by atoms with Crippen LogP contribution in [0, 0.1) is 47.3 Å². The average Bonchev–Trinajstić information content (AvgIpc) is 3.05. The largest absolute Gasteiger partial charge is 0.316 e. The maximum absolute atomic E-state index is 3.95. The predicted molar refractivity (Wildman–Crippen MR) is 227 cm³/mol. The Labute approximate surface area is 313 Å². The van der Waals surface area contributed by atoms with Gasteiger partial charge in [0, 0.05) is 5.16 Å². The highest BCUT2D eigenvalue weighted by Crippen LogP contribution is 2.80. The third-order valence-corrected chi connectivity index (χ3v) is 26.4. The summed E-state index contributed by atoms with van der Waals surface area (Å²) >= 11 is 0. The Morgan fingerprint density at radius 2 is 1.02 bits per heavy atom. The van der Waals surface area contributed by atoms with Crippen LogP contribution < -0.4 is 21.0 Å². The number of rotatable bonds is 9. The number of piperidine rings is 2. The standard InChI is InChI=1S/C44H74N2P2Si2/c1-49(2,3)40-19-36(39(20-41(40)50(4,5)6)44(47,37-9-7-11-45-27-37)38-10-8-12-46-28-38)29-48(42-21-30-13-31(22-42)15-32(14-30)23-42)43-24-33-16-34(25-43)18-35(17-33)26-43/h19-20,30-35,37-38,45-46H,7-18,21-29,47H2,1-6H3. The summed E-state index contributed by atoms with van der Waals surface area (Å²) in [4.78, 5) is 0. The van der Waals surface area contributed by atoms with Gasteiger partial charge in [0.25, 0.3) is 0 Å². The minimum absolute atomic E-state index is 0.0831. The van der Waals surface area contributed by atoms with Crippen LogP contribution in [-0.4, -0.2) is 52.6 Å². The highest BCUT2D eigenvalue weighted by Gasteiger charge is 2.63. The van der Waals surface area contributed by atoms with Gasteiger partial charge in [-0.3, -0.25) is 0 Å². The maximum atomic E-state index is 3.95. The van der Waals surface area contributed by atoms with E-state index in [1.165, 1.54) is 58.0 Å². The van der Waals surface area contributed by atoms with Gasteiger partial charge in [-0.25, -0.2) is 0 Å². The molecule has 8 aliphatic carbocycles. The first-order valence-electron chi connectivity index (χ1n) is 21.9. The molecule has 0 aromatic heterocycles. The van der Waals surface area contributed by atoms with Crippen molar-refractivity contribution < 1.29 is 0 Å². The molecule has 0 amide bonds. The fraction of sp³-hybridized carbons (Fsp3) is 0.864. The van der Waals surface area contributed by atoms with Crippen molar-refractivity contribution in [3.63, 3.8) is 0 Å². The summed E-state index contributed by atoms with van der Waals surface area (Å²) in [6.45, 7) is 20.9. The van der Waals surface area contributed by atoms with E-state index in [9.17, 15) is 0 Å². The Balaban J connectivity index is 1.24. The van der Waals surface area contributed by atoms with Crippen molar-refractivity contribution in [2.75, 3.05) is 26.2 Å². The molecule has 1 aromatic carbocycles. The molecule has 2 saturated heterocycles. The second kappa shape index (κ2) is 13.0. The highest BCUT2D eigenvalue weighted by molar-refractivity contribution is 7.60. The van der Waals surface area contributed by atoms with Gasteiger partial charge < -0.3 is 10.6 Å². The van der Waals surface area contributed by atoms with E-state index in [0.717, 1.165) is 35.5 Å². The van der Waals surface area contributed by atoms with Crippen molar-refractivity contribution in [1.82, 2.24) is 10.6 Å². The van der Waals surface area contributed by atoms with E-state index < -0.39 is 16.1 Å². The van der Waals surface area contributed by atoms with Crippen LogP contribution in [0.25, 0.3) is 0 Å². The summed E-state index contributed by atoms with van der Waals surface area (Å²) in [6.07, 6.45) is 26.3. The molecule has 8 bridgehead atoms. The van der Waals surface area contributed by atoms with Crippen molar-refractivity contribution in [3.8, 4) is 0 Å². The van der Waals surface area contributed by atoms with Gasteiger partial charge in [0.05, 0.1) is 16.1 Å². The average molecular weight is 749 g/mol. The van der Waals surface area contributed by atoms with Gasteiger partial charge in [0.2, 0.25) is 0 Å². The summed E-state index contributed by atoms with van der Waals surface area (Å²) in [5.41, 5.74) is 3.75. The summed E-state index contributed by atoms with van der Waals surface area (Å²) in [5.74, 6) is 7.80. The summed E-state index contributed by atoms with van der Waals surface area (Å²) in [5, 5.41) is 13.1. The van der Waals surface area contributed by atoms with Crippen molar-refractivity contribution >= 4 is 43.7 Å². The SMILES string of the molecule is C[Si](C)(C)c1cc(CP(C23CC4CC(CC(C4)C2)C3)C23CC4CC(CC(C4)C2)C3)c(C(P)(C2CCCNC2)C2CCCNC2)cc1[Si](C)(C)C. The van der Waals surface area contributed by atoms with Crippen LogP contribution in [-0.2, 0) is 11.3 Å². The van der Waals surface area contributed by atoms with E-state index in [2.05, 4.69) is 71.3 Å². The second-order valence-corrected chi connectivity index (χ2v) is 36.5. The Bertz CT molecular complexity index is 1300. The van der Waals surface area contributed by atoms with Gasteiger partial charge in [0.15, 0.2) is 0 Å². The van der Waals surface area contributed by atoms with Gasteiger partial charge in [0.1, 0.15) is 0 Å². The van der Waals surface area contributed by atoms with Crippen LogP contribution in [0.4, 0.5) is 0 Å². The van der Waals surface area contributed by atoms with Gasteiger partial charge in [-0.1, -0.05) is 69.7 Å². The molecule has 2 nitrogen and oxygen atoms in total. The Morgan fingerprint density at radius 1 is 0.640 bits per heavy atom. The van der Waals surface area contributed by atoms with E-state index in [0.29, 0.717) is 22.1 Å². The zero-order chi connectivity index (χ0) is 34.7. The lowest BCUT2D eigenvalue weighted by Crippen LogP contribution is -2.58. The number of benzene rings is 1. The zero-order valence-electron chi connectivity index (χ0n) is 33.1. The Kier molecular flexibility index (Phi) is 9.39. The molecular weight excluding hydrogens is 675 g/mol. The van der Waals surface area contributed by atoms with Crippen LogP contribution in [0.15, 0.2) is 12.1 Å². The third-order valence-electron chi connectivity index (χ3n) is 16.8. The molecule has 3 atom stereocenters. The van der Waals surface area contributed by atoms with Gasteiger partial charge in [-0.2, -0.15) is 0 Å². The third kappa shape index (κ3) is 6.21. The lowest BCUT2D eigenvalue weighted by molar-refractivity contribution is 0.0184. The Hall–Kier alpha value is 0.434. The summed E-state index contributed by atoms with van der Waals surface area (Å²) in [6, 6.07) is 6.00. The van der Waals surface area contributed by atoms with Crippen LogP contribution in [0.1, 0.15) is 114 Å². The predicted octanol–water partition coefficient (Wildman–Crippen LogP) is 9.77. The van der Waals surface area contributed by atoms with E-state index in [-0.39, 0.29) is 13.1 Å². The molecule has 2 aliphatic heterocycles. The monoisotopic (exact) mass is 748 g/mol. The summed E-state index contributed by atoms with van der Waals surface area (Å²) < 4.78 is 0.